The molecule has 0 atom stereocenters. The van der Waals surface area contributed by atoms with E-state index in [4.69, 9.17) is 4.74 Å². The lowest BCUT2D eigenvalue weighted by atomic mass is 9.73. The summed E-state index contributed by atoms with van der Waals surface area (Å²) in [5.74, 6) is 0.944. The van der Waals surface area contributed by atoms with E-state index < -0.39 is 11.9 Å². The van der Waals surface area contributed by atoms with Crippen molar-refractivity contribution < 1.29 is 22.7 Å². The van der Waals surface area contributed by atoms with Crippen LogP contribution in [-0.2, 0) is 30.5 Å². The van der Waals surface area contributed by atoms with Gasteiger partial charge in [-0.3, -0.25) is 19.4 Å². The number of pyridine rings is 1. The molecule has 1 saturated heterocycles. The molecule has 3 aromatic rings. The third-order valence-electron chi connectivity index (χ3n) is 8.71. The number of likely N-dealkylation sites (tertiary alicyclic amines) is 1. The molecule has 42 heavy (non-hydrogen) atoms. The van der Waals surface area contributed by atoms with E-state index >= 15 is 0 Å². The molecule has 7 nitrogen and oxygen atoms in total. The van der Waals surface area contributed by atoms with Crippen LogP contribution in [0, 0.1) is 12.3 Å². The summed E-state index contributed by atoms with van der Waals surface area (Å²) in [4.78, 5) is 21.8. The van der Waals surface area contributed by atoms with Gasteiger partial charge < -0.3 is 9.64 Å². The summed E-state index contributed by atoms with van der Waals surface area (Å²) in [6.45, 7) is 6.13. The maximum absolute atomic E-state index is 13.1. The lowest BCUT2D eigenvalue weighted by Crippen LogP contribution is -2.48. The van der Waals surface area contributed by atoms with Gasteiger partial charge in [-0.2, -0.15) is 18.3 Å². The lowest BCUT2D eigenvalue weighted by molar-refractivity contribution is -0.141. The summed E-state index contributed by atoms with van der Waals surface area (Å²) in [5, 5.41) is 3.67. The Morgan fingerprint density at radius 1 is 1.05 bits per heavy atom. The first-order chi connectivity index (χ1) is 20.2. The van der Waals surface area contributed by atoms with E-state index in [1.165, 1.54) is 10.2 Å². The van der Waals surface area contributed by atoms with E-state index in [0.717, 1.165) is 75.5 Å². The van der Waals surface area contributed by atoms with Gasteiger partial charge in [0.25, 0.3) is 0 Å². The van der Waals surface area contributed by atoms with Gasteiger partial charge >= 0.3 is 6.18 Å². The molecule has 1 amide bonds. The van der Waals surface area contributed by atoms with Crippen LogP contribution in [0.15, 0.2) is 54.9 Å². The predicted octanol–water partition coefficient (Wildman–Crippen LogP) is 5.91. The molecule has 1 fully saturated rings. The summed E-state index contributed by atoms with van der Waals surface area (Å²) in [6, 6.07) is 13.4. The highest BCUT2D eigenvalue weighted by molar-refractivity contribution is 5.76. The van der Waals surface area contributed by atoms with Gasteiger partial charge in [0.05, 0.1) is 0 Å². The first kappa shape index (κ1) is 30.1. The SMILES string of the molecule is Cc1cc(C(F)(F)F)nn1CCC(=O)N1CCC2(CCCCc3ccccc3OCCN(Cc3cccnc3)C2)CC1. The van der Waals surface area contributed by atoms with E-state index in [9.17, 15) is 18.0 Å². The van der Waals surface area contributed by atoms with Crippen molar-refractivity contribution in [2.75, 3.05) is 32.8 Å². The fourth-order valence-electron chi connectivity index (χ4n) is 6.34. The molecular formula is C32H40F3N5O2. The summed E-state index contributed by atoms with van der Waals surface area (Å²) >= 11 is 0. The molecule has 1 aromatic carbocycles. The highest BCUT2D eigenvalue weighted by Crippen LogP contribution is 2.39. The molecule has 4 heterocycles. The second-order valence-electron chi connectivity index (χ2n) is 11.8. The number of carbonyl (C=O) groups excluding carboxylic acids is 1. The minimum absolute atomic E-state index is 0.0290. The van der Waals surface area contributed by atoms with Crippen molar-refractivity contribution >= 4 is 5.91 Å². The monoisotopic (exact) mass is 583 g/mol. The van der Waals surface area contributed by atoms with Gasteiger partial charge in [-0.1, -0.05) is 30.7 Å². The molecule has 0 saturated carbocycles. The number of piperidine rings is 1. The highest BCUT2D eigenvalue weighted by Gasteiger charge is 2.37. The van der Waals surface area contributed by atoms with Gasteiger partial charge in [0.2, 0.25) is 5.91 Å². The van der Waals surface area contributed by atoms with E-state index in [-0.39, 0.29) is 24.3 Å². The number of hydrogen-bond donors (Lipinski definition) is 0. The van der Waals surface area contributed by atoms with Gasteiger partial charge in [-0.05, 0) is 73.8 Å². The maximum atomic E-state index is 13.1. The molecule has 10 heteroatoms. The number of halogens is 3. The number of ether oxygens (including phenoxy) is 1. The minimum atomic E-state index is -4.49. The minimum Gasteiger partial charge on any atom is -0.492 e. The summed E-state index contributed by atoms with van der Waals surface area (Å²) < 4.78 is 46.7. The van der Waals surface area contributed by atoms with Crippen molar-refractivity contribution in [2.24, 2.45) is 5.41 Å². The third kappa shape index (κ3) is 7.70. The Morgan fingerprint density at radius 2 is 1.86 bits per heavy atom. The number of fused-ring (bicyclic) bond motifs is 1. The Hall–Kier alpha value is -3.40. The topological polar surface area (TPSA) is 63.5 Å². The van der Waals surface area contributed by atoms with Gasteiger partial charge in [-0.15, -0.1) is 0 Å². The number of aryl methyl sites for hydroxylation is 3. The van der Waals surface area contributed by atoms with E-state index in [1.807, 2.05) is 23.2 Å². The molecule has 2 aromatic heterocycles. The van der Waals surface area contributed by atoms with E-state index in [0.29, 0.717) is 25.4 Å². The first-order valence-corrected chi connectivity index (χ1v) is 14.9. The molecule has 0 aliphatic carbocycles. The van der Waals surface area contributed by atoms with E-state index in [2.05, 4.69) is 39.2 Å². The molecule has 0 bridgehead atoms. The average Bonchev–Trinajstić information content (AvgIpc) is 3.36. The number of hydrogen-bond acceptors (Lipinski definition) is 5. The number of rotatable bonds is 5. The molecule has 2 aliphatic heterocycles. The van der Waals surface area contributed by atoms with Crippen molar-refractivity contribution in [1.82, 2.24) is 24.6 Å². The van der Waals surface area contributed by atoms with Gasteiger partial charge in [-0.25, -0.2) is 0 Å². The highest BCUT2D eigenvalue weighted by atomic mass is 19.4. The zero-order chi connectivity index (χ0) is 29.6. The van der Waals surface area contributed by atoms with Crippen LogP contribution < -0.4 is 4.74 Å². The molecule has 0 N–H and O–H groups in total. The van der Waals surface area contributed by atoms with Gasteiger partial charge in [0.1, 0.15) is 12.4 Å². The summed E-state index contributed by atoms with van der Waals surface area (Å²) in [5.41, 5.74) is 1.98. The van der Waals surface area contributed by atoms with Crippen molar-refractivity contribution in [1.29, 1.82) is 0 Å². The zero-order valence-electron chi connectivity index (χ0n) is 24.3. The predicted molar refractivity (Wildman–Crippen MR) is 154 cm³/mol. The van der Waals surface area contributed by atoms with Crippen LogP contribution >= 0.6 is 0 Å². The fraction of sp³-hybridized carbons (Fsp3) is 0.531. The zero-order valence-corrected chi connectivity index (χ0v) is 24.3. The molecule has 2 aliphatic rings. The van der Waals surface area contributed by atoms with Gasteiger partial charge in [0, 0.05) is 63.8 Å². The van der Waals surface area contributed by atoms with Crippen molar-refractivity contribution in [3.8, 4) is 5.75 Å². The van der Waals surface area contributed by atoms with Crippen LogP contribution in [0.1, 0.15) is 61.0 Å². The lowest BCUT2D eigenvalue weighted by Gasteiger charge is -2.45. The van der Waals surface area contributed by atoms with Crippen molar-refractivity contribution in [3.05, 3.63) is 77.4 Å². The number of benzene rings is 1. The largest absolute Gasteiger partial charge is 0.492 e. The average molecular weight is 584 g/mol. The Bertz CT molecular complexity index is 1320. The first-order valence-electron chi connectivity index (χ1n) is 14.9. The summed E-state index contributed by atoms with van der Waals surface area (Å²) in [6.07, 6.45) is 5.41. The van der Waals surface area contributed by atoms with Crippen molar-refractivity contribution in [2.45, 2.75) is 71.1 Å². The number of aromatic nitrogens is 3. The van der Waals surface area contributed by atoms with E-state index in [1.54, 1.807) is 13.1 Å². The summed E-state index contributed by atoms with van der Waals surface area (Å²) in [7, 11) is 0. The van der Waals surface area contributed by atoms with Crippen LogP contribution in [-0.4, -0.2) is 63.3 Å². The van der Waals surface area contributed by atoms with Crippen LogP contribution in [0.5, 0.6) is 5.75 Å². The second-order valence-corrected chi connectivity index (χ2v) is 11.8. The Kier molecular flexibility index (Phi) is 9.50. The van der Waals surface area contributed by atoms with Crippen LogP contribution in [0.2, 0.25) is 0 Å². The quantitative estimate of drug-likeness (QED) is 0.374. The number of alkyl halides is 3. The third-order valence-corrected chi connectivity index (χ3v) is 8.71. The Labute approximate surface area is 245 Å². The molecule has 1 spiro atoms. The smallest absolute Gasteiger partial charge is 0.435 e. The van der Waals surface area contributed by atoms with Gasteiger partial charge in [0.15, 0.2) is 5.69 Å². The molecule has 226 valence electrons. The Balaban J connectivity index is 1.24. The molecule has 0 unspecified atom stereocenters. The second kappa shape index (κ2) is 13.3. The number of para-hydroxylation sites is 1. The van der Waals surface area contributed by atoms with Crippen molar-refractivity contribution in [3.63, 3.8) is 0 Å². The van der Waals surface area contributed by atoms with Crippen LogP contribution in [0.25, 0.3) is 0 Å². The number of carbonyl (C=O) groups is 1. The fourth-order valence-corrected chi connectivity index (χ4v) is 6.34. The Morgan fingerprint density at radius 3 is 2.60 bits per heavy atom. The maximum Gasteiger partial charge on any atom is 0.435 e. The van der Waals surface area contributed by atoms with Crippen LogP contribution in [0.4, 0.5) is 13.2 Å². The molecule has 0 radical (unpaired) electrons. The molecule has 5 rings (SSSR count). The normalized spacial score (nSPS) is 18.5. The van der Waals surface area contributed by atoms with Crippen LogP contribution in [0.3, 0.4) is 0 Å². The standard InChI is InChI=1S/C32H40F3N5O2/c1-25-21-29(32(33,34)35)37-40(25)16-11-30(41)39-17-13-31(14-18-39)12-5-4-9-27-8-2-3-10-28(27)42-20-19-38(24-31)23-26-7-6-15-36-22-26/h2-3,6-8,10,15,21-22H,4-5,9,11-14,16-20,23-24H2,1H3. The molecular weight excluding hydrogens is 543 g/mol. The number of nitrogens with zero attached hydrogens (tertiary/aromatic N) is 5. The number of amides is 1.